The van der Waals surface area contributed by atoms with Crippen LogP contribution in [0.15, 0.2) is 65.0 Å². The van der Waals surface area contributed by atoms with Crippen molar-refractivity contribution in [1.82, 2.24) is 10.2 Å². The van der Waals surface area contributed by atoms with E-state index in [1.807, 2.05) is 0 Å². The van der Waals surface area contributed by atoms with Crippen molar-refractivity contribution in [2.75, 3.05) is 46.7 Å². The molecule has 2 aromatic carbocycles. The molecule has 42 heavy (non-hydrogen) atoms. The van der Waals surface area contributed by atoms with Crippen LogP contribution in [0.1, 0.15) is 46.0 Å². The van der Waals surface area contributed by atoms with E-state index in [1.54, 1.807) is 56.3 Å². The van der Waals surface area contributed by atoms with Crippen molar-refractivity contribution in [1.29, 1.82) is 0 Å². The van der Waals surface area contributed by atoms with Crippen molar-refractivity contribution in [2.24, 2.45) is 0 Å². The summed E-state index contributed by atoms with van der Waals surface area (Å²) < 4.78 is 21.8. The number of allylic oxidation sites excluding steroid dienone is 1. The number of halogens is 2. The highest BCUT2D eigenvalue weighted by Gasteiger charge is 2.40. The van der Waals surface area contributed by atoms with E-state index in [1.165, 1.54) is 7.11 Å². The lowest BCUT2D eigenvalue weighted by atomic mass is 9.80. The zero-order chi connectivity index (χ0) is 30.4. The number of esters is 2. The van der Waals surface area contributed by atoms with Gasteiger partial charge in [-0.15, -0.1) is 0 Å². The fourth-order valence-corrected chi connectivity index (χ4v) is 5.30. The zero-order valence-corrected chi connectivity index (χ0v) is 24.8. The Hall–Kier alpha value is -3.70. The molecule has 2 aliphatic rings. The average molecular weight is 617 g/mol. The molecular weight excluding hydrogens is 587 g/mol. The SMILES string of the molecule is CCOC(=O)C1=C(COCCOCCN2C(=O)c3ccccc3C2=O)NC(C)=C(C(=O)OC)C1c1cccc(Cl)c1Cl. The Morgan fingerprint density at radius 1 is 0.905 bits per heavy atom. The third-order valence-corrected chi connectivity index (χ3v) is 7.63. The smallest absolute Gasteiger partial charge is 0.336 e. The normalized spacial score (nSPS) is 16.5. The lowest BCUT2D eigenvalue weighted by Gasteiger charge is -2.31. The number of nitrogens with one attached hydrogen (secondary N) is 1. The first-order valence-corrected chi connectivity index (χ1v) is 14.0. The van der Waals surface area contributed by atoms with Crippen LogP contribution in [0.3, 0.4) is 0 Å². The first kappa shape index (κ1) is 31.2. The van der Waals surface area contributed by atoms with Gasteiger partial charge < -0.3 is 24.3 Å². The minimum absolute atomic E-state index is 0.0452. The summed E-state index contributed by atoms with van der Waals surface area (Å²) in [6.45, 7) is 3.95. The molecular formula is C30H30Cl2N2O8. The van der Waals surface area contributed by atoms with E-state index < -0.39 is 17.9 Å². The van der Waals surface area contributed by atoms with Gasteiger partial charge in [0.05, 0.1) is 90.6 Å². The van der Waals surface area contributed by atoms with Crippen LogP contribution >= 0.6 is 23.2 Å². The summed E-state index contributed by atoms with van der Waals surface area (Å²) in [5.74, 6) is -2.92. The molecule has 10 nitrogen and oxygen atoms in total. The number of imide groups is 1. The Morgan fingerprint density at radius 2 is 1.57 bits per heavy atom. The highest BCUT2D eigenvalue weighted by Crippen LogP contribution is 2.43. The van der Waals surface area contributed by atoms with E-state index >= 15 is 0 Å². The highest BCUT2D eigenvalue weighted by atomic mass is 35.5. The summed E-state index contributed by atoms with van der Waals surface area (Å²) in [7, 11) is 1.25. The summed E-state index contributed by atoms with van der Waals surface area (Å²) in [5, 5.41) is 3.54. The van der Waals surface area contributed by atoms with Gasteiger partial charge in [0.15, 0.2) is 0 Å². The van der Waals surface area contributed by atoms with Crippen LogP contribution in [0.4, 0.5) is 0 Å². The minimum atomic E-state index is -0.932. The minimum Gasteiger partial charge on any atom is -0.466 e. The standard InChI is InChI=1S/C30H30Cl2N2O8/c1-4-42-30(38)25-22(33-17(2)23(29(37)39-3)24(25)20-10-7-11-21(31)26(20)32)16-41-15-14-40-13-12-34-27(35)18-8-5-6-9-19(18)28(34)36/h5-11,24,33H,4,12-16H2,1-3H3. The molecule has 1 N–H and O–H groups in total. The molecule has 2 amide bonds. The van der Waals surface area contributed by atoms with E-state index in [2.05, 4.69) is 5.32 Å². The van der Waals surface area contributed by atoms with Crippen molar-refractivity contribution in [3.05, 3.63) is 91.7 Å². The number of rotatable bonds is 12. The van der Waals surface area contributed by atoms with Crippen LogP contribution in [0, 0.1) is 0 Å². The van der Waals surface area contributed by atoms with Crippen LogP contribution in [0.2, 0.25) is 10.0 Å². The number of amides is 2. The number of benzene rings is 2. The summed E-state index contributed by atoms with van der Waals surface area (Å²) in [6.07, 6.45) is 0. The van der Waals surface area contributed by atoms with Gasteiger partial charge in [-0.05, 0) is 37.6 Å². The molecule has 222 valence electrons. The van der Waals surface area contributed by atoms with Gasteiger partial charge in [0.2, 0.25) is 0 Å². The Bertz CT molecular complexity index is 1430. The van der Waals surface area contributed by atoms with Crippen LogP contribution < -0.4 is 5.32 Å². The second kappa shape index (κ2) is 14.0. The second-order valence-electron chi connectivity index (χ2n) is 9.32. The van der Waals surface area contributed by atoms with Gasteiger partial charge in [-0.25, -0.2) is 9.59 Å². The van der Waals surface area contributed by atoms with Crippen molar-refractivity contribution < 1.29 is 38.1 Å². The van der Waals surface area contributed by atoms with Crippen LogP contribution in [-0.2, 0) is 28.5 Å². The lowest BCUT2D eigenvalue weighted by Crippen LogP contribution is -2.35. The Balaban J connectivity index is 1.44. The van der Waals surface area contributed by atoms with Crippen molar-refractivity contribution in [2.45, 2.75) is 19.8 Å². The van der Waals surface area contributed by atoms with E-state index in [0.29, 0.717) is 28.1 Å². The second-order valence-corrected chi connectivity index (χ2v) is 10.1. The molecule has 0 aliphatic carbocycles. The topological polar surface area (TPSA) is 120 Å². The van der Waals surface area contributed by atoms with E-state index in [4.69, 9.17) is 42.1 Å². The molecule has 0 aromatic heterocycles. The number of fused-ring (bicyclic) bond motifs is 1. The number of carbonyl (C=O) groups is 4. The average Bonchev–Trinajstić information content (AvgIpc) is 3.22. The molecule has 0 spiro atoms. The first-order valence-electron chi connectivity index (χ1n) is 13.2. The van der Waals surface area contributed by atoms with E-state index in [9.17, 15) is 19.2 Å². The van der Waals surface area contributed by atoms with Crippen molar-refractivity contribution in [3.8, 4) is 0 Å². The lowest BCUT2D eigenvalue weighted by molar-refractivity contribution is -0.139. The Kier molecular flexibility index (Phi) is 10.4. The van der Waals surface area contributed by atoms with Crippen LogP contribution in [0.5, 0.6) is 0 Å². The predicted molar refractivity (Wildman–Crippen MR) is 154 cm³/mol. The molecule has 2 aliphatic heterocycles. The predicted octanol–water partition coefficient (Wildman–Crippen LogP) is 4.27. The van der Waals surface area contributed by atoms with Gasteiger partial charge in [-0.2, -0.15) is 0 Å². The maximum absolute atomic E-state index is 13.3. The van der Waals surface area contributed by atoms with Gasteiger partial charge >= 0.3 is 11.9 Å². The highest BCUT2D eigenvalue weighted by molar-refractivity contribution is 6.42. The number of nitrogens with zero attached hydrogens (tertiary/aromatic N) is 1. The Morgan fingerprint density at radius 3 is 2.21 bits per heavy atom. The van der Waals surface area contributed by atoms with Crippen LogP contribution in [0.25, 0.3) is 0 Å². The summed E-state index contributed by atoms with van der Waals surface area (Å²) >= 11 is 12.8. The summed E-state index contributed by atoms with van der Waals surface area (Å²) in [5.41, 5.74) is 2.35. The zero-order valence-electron chi connectivity index (χ0n) is 23.3. The number of hydrogen-bond donors (Lipinski definition) is 1. The number of ether oxygens (including phenoxy) is 4. The maximum atomic E-state index is 13.3. The van der Waals surface area contributed by atoms with Crippen LogP contribution in [-0.4, -0.2) is 75.3 Å². The molecule has 12 heteroatoms. The molecule has 0 radical (unpaired) electrons. The third-order valence-electron chi connectivity index (χ3n) is 6.79. The molecule has 4 rings (SSSR count). The number of dihydropyridines is 1. The molecule has 1 unspecified atom stereocenters. The summed E-state index contributed by atoms with van der Waals surface area (Å²) in [6, 6.07) is 11.6. The number of carbonyl (C=O) groups excluding carboxylic acids is 4. The van der Waals surface area contributed by atoms with Gasteiger partial charge in [0, 0.05) is 5.70 Å². The molecule has 0 saturated carbocycles. The summed E-state index contributed by atoms with van der Waals surface area (Å²) in [4.78, 5) is 52.3. The van der Waals surface area contributed by atoms with Gasteiger partial charge in [-0.3, -0.25) is 14.5 Å². The fourth-order valence-electron chi connectivity index (χ4n) is 4.89. The van der Waals surface area contributed by atoms with E-state index in [-0.39, 0.29) is 72.6 Å². The molecule has 2 aromatic rings. The van der Waals surface area contributed by atoms with E-state index in [0.717, 1.165) is 4.90 Å². The molecule has 0 fully saturated rings. The van der Waals surface area contributed by atoms with Crippen molar-refractivity contribution in [3.63, 3.8) is 0 Å². The maximum Gasteiger partial charge on any atom is 0.336 e. The first-order chi connectivity index (χ1) is 20.2. The van der Waals surface area contributed by atoms with Gasteiger partial charge in [-0.1, -0.05) is 47.5 Å². The molecule has 0 saturated heterocycles. The quantitative estimate of drug-likeness (QED) is 0.212. The number of methoxy groups -OCH3 is 1. The monoisotopic (exact) mass is 616 g/mol. The third kappa shape index (κ3) is 6.37. The molecule has 2 heterocycles. The number of hydrogen-bond acceptors (Lipinski definition) is 9. The van der Waals surface area contributed by atoms with Gasteiger partial charge in [0.25, 0.3) is 11.8 Å². The van der Waals surface area contributed by atoms with Gasteiger partial charge in [0.1, 0.15) is 0 Å². The molecule has 0 bridgehead atoms. The van der Waals surface area contributed by atoms with Crippen molar-refractivity contribution >= 4 is 47.0 Å². The largest absolute Gasteiger partial charge is 0.466 e. The fraction of sp³-hybridized carbons (Fsp3) is 0.333. The molecule has 1 atom stereocenters. The Labute approximate surface area is 253 Å².